The van der Waals surface area contributed by atoms with Gasteiger partial charge in [0.25, 0.3) is 0 Å². The van der Waals surface area contributed by atoms with Gasteiger partial charge in [-0.3, -0.25) is 9.59 Å². The van der Waals surface area contributed by atoms with Crippen molar-refractivity contribution < 1.29 is 19.1 Å². The van der Waals surface area contributed by atoms with Gasteiger partial charge in [-0.05, 0) is 25.0 Å². The minimum Gasteiger partial charge on any atom is -0.490 e. The van der Waals surface area contributed by atoms with Gasteiger partial charge in [-0.2, -0.15) is 0 Å². The minimum atomic E-state index is -0.122. The lowest BCUT2D eigenvalue weighted by Gasteiger charge is -2.21. The third-order valence-corrected chi connectivity index (χ3v) is 8.00. The first-order chi connectivity index (χ1) is 19.7. The molecule has 220 valence electrons. The topological polar surface area (TPSA) is 52.6 Å². The highest BCUT2D eigenvalue weighted by Gasteiger charge is 2.31. The Hall–Kier alpha value is -2.62. The van der Waals surface area contributed by atoms with Gasteiger partial charge in [0.05, 0.1) is 13.2 Å². The summed E-state index contributed by atoms with van der Waals surface area (Å²) in [6, 6.07) is 10.6. The summed E-state index contributed by atoms with van der Waals surface area (Å²) < 4.78 is 12.4. The van der Waals surface area contributed by atoms with Gasteiger partial charge in [0, 0.05) is 22.3 Å². The second kappa shape index (κ2) is 18.7. The monoisotopic (exact) mass is 548 g/mol. The number of ether oxygens (including phenoxy) is 2. The average Bonchev–Trinajstić information content (AvgIpc) is 2.98. The van der Waals surface area contributed by atoms with Crippen molar-refractivity contribution in [2.45, 2.75) is 129 Å². The van der Waals surface area contributed by atoms with Crippen molar-refractivity contribution >= 4 is 11.6 Å². The fourth-order valence-corrected chi connectivity index (χ4v) is 5.52. The van der Waals surface area contributed by atoms with Crippen LogP contribution in [0, 0.1) is 0 Å². The summed E-state index contributed by atoms with van der Waals surface area (Å²) in [6.45, 7) is 5.68. The van der Waals surface area contributed by atoms with E-state index in [0.717, 1.165) is 25.7 Å². The zero-order valence-electron chi connectivity index (χ0n) is 25.2. The lowest BCUT2D eigenvalue weighted by Crippen LogP contribution is -2.21. The molecule has 3 rings (SSSR count). The molecule has 0 aromatic heterocycles. The highest BCUT2D eigenvalue weighted by atomic mass is 16.5. The highest BCUT2D eigenvalue weighted by Crippen LogP contribution is 2.37. The minimum absolute atomic E-state index is 0.122. The van der Waals surface area contributed by atoms with Gasteiger partial charge < -0.3 is 9.47 Å². The Balaban J connectivity index is 1.54. The van der Waals surface area contributed by atoms with E-state index in [1.165, 1.54) is 89.9 Å². The molecule has 0 atom stereocenters. The molecule has 0 spiro atoms. The van der Waals surface area contributed by atoms with Crippen LogP contribution in [0.4, 0.5) is 0 Å². The number of hydrogen-bond donors (Lipinski definition) is 0. The molecule has 2 aromatic carbocycles. The van der Waals surface area contributed by atoms with E-state index in [-0.39, 0.29) is 11.6 Å². The molecule has 0 N–H and O–H groups in total. The Morgan fingerprint density at radius 1 is 0.450 bits per heavy atom. The van der Waals surface area contributed by atoms with Crippen LogP contribution >= 0.6 is 0 Å². The Bertz CT molecular complexity index is 959. The number of fused-ring (bicyclic) bond motifs is 2. The first-order valence-electron chi connectivity index (χ1n) is 16.3. The molecule has 0 amide bonds. The fraction of sp³-hybridized carbons (Fsp3) is 0.611. The van der Waals surface area contributed by atoms with Crippen LogP contribution in [0.25, 0.3) is 0 Å². The molecule has 0 fully saturated rings. The molecule has 40 heavy (non-hydrogen) atoms. The fourth-order valence-electron chi connectivity index (χ4n) is 5.52. The smallest absolute Gasteiger partial charge is 0.194 e. The SMILES string of the molecule is CCCCCCCCCCCOc1cc2c(cc1OCCCCCCCCCCC)C(=O)c1ccccc1C2=O. The second-order valence-corrected chi connectivity index (χ2v) is 11.4. The maximum absolute atomic E-state index is 13.3. The van der Waals surface area contributed by atoms with Gasteiger partial charge in [0.15, 0.2) is 23.1 Å². The third-order valence-electron chi connectivity index (χ3n) is 8.00. The quantitative estimate of drug-likeness (QED) is 0.117. The van der Waals surface area contributed by atoms with Crippen LogP contribution in [-0.4, -0.2) is 24.8 Å². The summed E-state index contributed by atoms with van der Waals surface area (Å²) in [7, 11) is 0. The van der Waals surface area contributed by atoms with E-state index in [1.54, 1.807) is 36.4 Å². The number of carbonyl (C=O) groups excluding carboxylic acids is 2. The normalized spacial score (nSPS) is 12.3. The van der Waals surface area contributed by atoms with Gasteiger partial charge in [0.2, 0.25) is 0 Å². The molecule has 4 heteroatoms. The zero-order valence-corrected chi connectivity index (χ0v) is 25.2. The molecule has 0 aliphatic heterocycles. The Kier molecular flexibility index (Phi) is 14.9. The van der Waals surface area contributed by atoms with Gasteiger partial charge in [0.1, 0.15) is 0 Å². The van der Waals surface area contributed by atoms with E-state index in [2.05, 4.69) is 13.8 Å². The average molecular weight is 549 g/mol. The van der Waals surface area contributed by atoms with E-state index >= 15 is 0 Å². The van der Waals surface area contributed by atoms with E-state index < -0.39 is 0 Å². The van der Waals surface area contributed by atoms with Crippen molar-refractivity contribution in [1.29, 1.82) is 0 Å². The number of carbonyl (C=O) groups is 2. The van der Waals surface area contributed by atoms with Crippen LogP contribution in [0.1, 0.15) is 161 Å². The molecule has 0 radical (unpaired) electrons. The van der Waals surface area contributed by atoms with Gasteiger partial charge >= 0.3 is 0 Å². The molecular formula is C36H52O4. The van der Waals surface area contributed by atoms with E-state index in [1.807, 2.05) is 0 Å². The van der Waals surface area contributed by atoms with Crippen molar-refractivity contribution in [3.8, 4) is 11.5 Å². The number of unbranched alkanes of at least 4 members (excludes halogenated alkanes) is 16. The molecule has 0 saturated carbocycles. The van der Waals surface area contributed by atoms with Crippen molar-refractivity contribution in [3.63, 3.8) is 0 Å². The largest absolute Gasteiger partial charge is 0.490 e. The number of rotatable bonds is 22. The van der Waals surface area contributed by atoms with Crippen molar-refractivity contribution in [2.75, 3.05) is 13.2 Å². The van der Waals surface area contributed by atoms with Crippen LogP contribution in [0.5, 0.6) is 11.5 Å². The molecule has 2 aromatic rings. The van der Waals surface area contributed by atoms with Crippen molar-refractivity contribution in [1.82, 2.24) is 0 Å². The lowest BCUT2D eigenvalue weighted by molar-refractivity contribution is 0.0978. The predicted molar refractivity (Wildman–Crippen MR) is 165 cm³/mol. The highest BCUT2D eigenvalue weighted by molar-refractivity contribution is 6.28. The first kappa shape index (κ1) is 31.9. The van der Waals surface area contributed by atoms with Gasteiger partial charge in [-0.1, -0.05) is 141 Å². The zero-order chi connectivity index (χ0) is 28.4. The van der Waals surface area contributed by atoms with Crippen LogP contribution in [0.2, 0.25) is 0 Å². The Morgan fingerprint density at radius 3 is 1.12 bits per heavy atom. The summed E-state index contributed by atoms with van der Waals surface area (Å²) in [6.07, 6.45) is 22.5. The second-order valence-electron chi connectivity index (χ2n) is 11.4. The van der Waals surface area contributed by atoms with Gasteiger partial charge in [-0.15, -0.1) is 0 Å². The van der Waals surface area contributed by atoms with E-state index in [9.17, 15) is 9.59 Å². The summed E-state index contributed by atoms with van der Waals surface area (Å²) in [5.74, 6) is 0.914. The van der Waals surface area contributed by atoms with E-state index in [4.69, 9.17) is 9.47 Å². The van der Waals surface area contributed by atoms with Crippen molar-refractivity contribution in [3.05, 3.63) is 58.7 Å². The Labute approximate surface area is 243 Å². The standard InChI is InChI=1S/C36H52O4/c1-3-5-7-9-11-13-15-17-21-25-39-33-27-31-32(36(38)30-24-20-19-23-29(30)35(31)37)28-34(33)40-26-22-18-16-14-12-10-8-6-4-2/h19-20,23-24,27-28H,3-18,21-22,25-26H2,1-2H3. The summed E-state index contributed by atoms with van der Waals surface area (Å²) in [5.41, 5.74) is 1.77. The summed E-state index contributed by atoms with van der Waals surface area (Å²) in [4.78, 5) is 26.5. The molecule has 0 saturated heterocycles. The molecule has 1 aliphatic rings. The third kappa shape index (κ3) is 10.1. The molecule has 0 unspecified atom stereocenters. The molecule has 0 bridgehead atoms. The molecule has 4 nitrogen and oxygen atoms in total. The summed E-state index contributed by atoms with van der Waals surface area (Å²) in [5, 5.41) is 0. The van der Waals surface area contributed by atoms with Crippen LogP contribution in [0.3, 0.4) is 0 Å². The van der Waals surface area contributed by atoms with Crippen LogP contribution in [0.15, 0.2) is 36.4 Å². The Morgan fingerprint density at radius 2 is 0.775 bits per heavy atom. The maximum atomic E-state index is 13.3. The van der Waals surface area contributed by atoms with Gasteiger partial charge in [-0.25, -0.2) is 0 Å². The molecular weight excluding hydrogens is 496 g/mol. The predicted octanol–water partition coefficient (Wildman–Crippen LogP) is 10.3. The van der Waals surface area contributed by atoms with Crippen LogP contribution in [-0.2, 0) is 0 Å². The van der Waals surface area contributed by atoms with Crippen LogP contribution < -0.4 is 9.47 Å². The van der Waals surface area contributed by atoms with Crippen molar-refractivity contribution in [2.24, 2.45) is 0 Å². The lowest BCUT2D eigenvalue weighted by atomic mass is 9.84. The molecule has 1 aliphatic carbocycles. The maximum Gasteiger partial charge on any atom is 0.194 e. The number of ketones is 2. The van der Waals surface area contributed by atoms with E-state index in [0.29, 0.717) is 47.0 Å². The number of benzene rings is 2. The molecule has 0 heterocycles. The first-order valence-corrected chi connectivity index (χ1v) is 16.3. The summed E-state index contributed by atoms with van der Waals surface area (Å²) >= 11 is 0. The number of hydrogen-bond acceptors (Lipinski definition) is 4.